The first-order chi connectivity index (χ1) is 15.1. The van der Waals surface area contributed by atoms with E-state index in [-0.39, 0.29) is 5.91 Å². The van der Waals surface area contributed by atoms with Gasteiger partial charge < -0.3 is 9.88 Å². The van der Waals surface area contributed by atoms with Crippen LogP contribution in [0.4, 0.5) is 5.69 Å². The Morgan fingerprint density at radius 1 is 1.06 bits per heavy atom. The molecule has 0 radical (unpaired) electrons. The Hall–Kier alpha value is -3.54. The lowest BCUT2D eigenvalue weighted by atomic mass is 10.0. The van der Waals surface area contributed by atoms with Crippen molar-refractivity contribution in [1.29, 1.82) is 0 Å². The van der Waals surface area contributed by atoms with E-state index in [9.17, 15) is 4.79 Å². The number of nitrogens with zero attached hydrogens (tertiary/aromatic N) is 4. The molecule has 0 spiro atoms. The summed E-state index contributed by atoms with van der Waals surface area (Å²) in [4.78, 5) is 25.9. The van der Waals surface area contributed by atoms with Gasteiger partial charge in [-0.2, -0.15) is 0 Å². The molecule has 0 saturated carbocycles. The molecule has 158 valence electrons. The van der Waals surface area contributed by atoms with Crippen molar-refractivity contribution in [3.63, 3.8) is 0 Å². The van der Waals surface area contributed by atoms with Crippen LogP contribution in [0.3, 0.4) is 0 Å². The molecule has 6 nitrogen and oxygen atoms in total. The van der Waals surface area contributed by atoms with E-state index in [1.807, 2.05) is 42.6 Å². The maximum absolute atomic E-state index is 12.4. The average Bonchev–Trinajstić information content (AvgIpc) is 3.12. The first-order valence-corrected chi connectivity index (χ1v) is 10.7. The average molecular weight is 414 g/mol. The fourth-order valence-corrected chi connectivity index (χ4v) is 3.62. The third-order valence-electron chi connectivity index (χ3n) is 5.31. The van der Waals surface area contributed by atoms with Crippen molar-refractivity contribution in [3.05, 3.63) is 84.1 Å². The van der Waals surface area contributed by atoms with Crippen LogP contribution in [0.5, 0.6) is 0 Å². The standard InChI is InChI=1S/C25H27N5O/c1-18(2)20-10-12-21(13-11-20)28-24(31)9-3-8-23-29-22-7-5-15-27-25(22)30(23)17-19-6-4-14-26-16-19/h4-7,10-16,18H,3,8-9,17H2,1-2H3,(H,28,31). The second kappa shape index (κ2) is 9.51. The Morgan fingerprint density at radius 2 is 1.87 bits per heavy atom. The van der Waals surface area contributed by atoms with E-state index in [4.69, 9.17) is 4.98 Å². The molecule has 6 heteroatoms. The van der Waals surface area contributed by atoms with Crippen molar-refractivity contribution in [3.8, 4) is 0 Å². The van der Waals surface area contributed by atoms with Crippen molar-refractivity contribution in [1.82, 2.24) is 19.5 Å². The van der Waals surface area contributed by atoms with E-state index < -0.39 is 0 Å². The summed E-state index contributed by atoms with van der Waals surface area (Å²) < 4.78 is 2.12. The van der Waals surface area contributed by atoms with Crippen LogP contribution in [0.1, 0.15) is 49.6 Å². The SMILES string of the molecule is CC(C)c1ccc(NC(=O)CCCc2nc3cccnc3n2Cc2cccnc2)cc1. The molecule has 0 atom stereocenters. The number of aryl methyl sites for hydroxylation is 1. The Bertz CT molecular complexity index is 1150. The van der Waals surface area contributed by atoms with Gasteiger partial charge in [0.25, 0.3) is 0 Å². The molecule has 4 aromatic rings. The van der Waals surface area contributed by atoms with Crippen LogP contribution >= 0.6 is 0 Å². The predicted molar refractivity (Wildman–Crippen MR) is 123 cm³/mol. The molecule has 0 saturated heterocycles. The molecule has 0 unspecified atom stereocenters. The highest BCUT2D eigenvalue weighted by atomic mass is 16.1. The Balaban J connectivity index is 1.40. The van der Waals surface area contributed by atoms with Crippen molar-refractivity contribution in [2.45, 2.75) is 45.6 Å². The maximum Gasteiger partial charge on any atom is 0.224 e. The third kappa shape index (κ3) is 5.15. The number of aromatic nitrogens is 4. The van der Waals surface area contributed by atoms with Crippen molar-refractivity contribution >= 4 is 22.8 Å². The highest BCUT2D eigenvalue weighted by Crippen LogP contribution is 2.19. The lowest BCUT2D eigenvalue weighted by Crippen LogP contribution is -2.12. The summed E-state index contributed by atoms with van der Waals surface area (Å²) in [6, 6.07) is 15.9. The van der Waals surface area contributed by atoms with Crippen LogP contribution in [0.25, 0.3) is 11.2 Å². The van der Waals surface area contributed by atoms with Crippen LogP contribution in [0.15, 0.2) is 67.1 Å². The molecular weight excluding hydrogens is 386 g/mol. The van der Waals surface area contributed by atoms with Crippen LogP contribution in [-0.2, 0) is 17.8 Å². The van der Waals surface area contributed by atoms with Gasteiger partial charge in [0.1, 0.15) is 11.3 Å². The number of anilines is 1. The van der Waals surface area contributed by atoms with E-state index in [0.29, 0.717) is 31.7 Å². The zero-order valence-corrected chi connectivity index (χ0v) is 18.0. The summed E-state index contributed by atoms with van der Waals surface area (Å²) in [7, 11) is 0. The normalized spacial score (nSPS) is 11.2. The number of amides is 1. The zero-order chi connectivity index (χ0) is 21.6. The number of carbonyl (C=O) groups excluding carboxylic acids is 1. The summed E-state index contributed by atoms with van der Waals surface area (Å²) >= 11 is 0. The monoisotopic (exact) mass is 413 g/mol. The van der Waals surface area contributed by atoms with Gasteiger partial charge in [-0.25, -0.2) is 9.97 Å². The summed E-state index contributed by atoms with van der Waals surface area (Å²) in [5, 5.41) is 2.99. The van der Waals surface area contributed by atoms with E-state index >= 15 is 0 Å². The molecule has 0 aliphatic carbocycles. The maximum atomic E-state index is 12.4. The summed E-state index contributed by atoms with van der Waals surface area (Å²) in [6.45, 7) is 4.97. The number of imidazole rings is 1. The Labute approximate surface area is 182 Å². The number of benzene rings is 1. The quantitative estimate of drug-likeness (QED) is 0.443. The van der Waals surface area contributed by atoms with Crippen LogP contribution < -0.4 is 5.32 Å². The number of carbonyl (C=O) groups is 1. The molecule has 0 aliphatic heterocycles. The number of pyridine rings is 2. The minimum atomic E-state index is 0.0188. The van der Waals surface area contributed by atoms with Gasteiger partial charge in [-0.3, -0.25) is 9.78 Å². The number of rotatable bonds is 8. The molecule has 4 rings (SSSR count). The highest BCUT2D eigenvalue weighted by Gasteiger charge is 2.13. The molecule has 0 aliphatic rings. The fourth-order valence-electron chi connectivity index (χ4n) is 3.62. The first kappa shape index (κ1) is 20.7. The van der Waals surface area contributed by atoms with Gasteiger partial charge >= 0.3 is 0 Å². The fraction of sp³-hybridized carbons (Fsp3) is 0.280. The van der Waals surface area contributed by atoms with Crippen molar-refractivity contribution in [2.75, 3.05) is 5.32 Å². The largest absolute Gasteiger partial charge is 0.326 e. The van der Waals surface area contributed by atoms with Gasteiger partial charge in [-0.05, 0) is 53.8 Å². The number of nitrogens with one attached hydrogen (secondary N) is 1. The Morgan fingerprint density at radius 3 is 2.61 bits per heavy atom. The molecular formula is C25H27N5O. The van der Waals surface area contributed by atoms with Gasteiger partial charge in [-0.15, -0.1) is 0 Å². The molecule has 0 fully saturated rings. The summed E-state index contributed by atoms with van der Waals surface area (Å²) in [5.74, 6) is 1.43. The molecule has 0 bridgehead atoms. The lowest BCUT2D eigenvalue weighted by Gasteiger charge is -2.10. The molecule has 1 aromatic carbocycles. The van der Waals surface area contributed by atoms with Crippen LogP contribution in [0, 0.1) is 0 Å². The minimum absolute atomic E-state index is 0.0188. The lowest BCUT2D eigenvalue weighted by molar-refractivity contribution is -0.116. The number of fused-ring (bicyclic) bond motifs is 1. The third-order valence-corrected chi connectivity index (χ3v) is 5.31. The van der Waals surface area contributed by atoms with E-state index in [1.165, 1.54) is 5.56 Å². The molecule has 31 heavy (non-hydrogen) atoms. The van der Waals surface area contributed by atoms with Crippen LogP contribution in [-0.4, -0.2) is 25.4 Å². The van der Waals surface area contributed by atoms with Crippen molar-refractivity contribution in [2.24, 2.45) is 0 Å². The summed E-state index contributed by atoms with van der Waals surface area (Å²) in [6.07, 6.45) is 7.27. The van der Waals surface area contributed by atoms with E-state index in [1.54, 1.807) is 12.4 Å². The molecule has 1 amide bonds. The highest BCUT2D eigenvalue weighted by molar-refractivity contribution is 5.90. The smallest absolute Gasteiger partial charge is 0.224 e. The van der Waals surface area contributed by atoms with Gasteiger partial charge in [0, 0.05) is 37.1 Å². The van der Waals surface area contributed by atoms with Crippen molar-refractivity contribution < 1.29 is 4.79 Å². The second-order valence-electron chi connectivity index (χ2n) is 8.00. The van der Waals surface area contributed by atoms with E-state index in [2.05, 4.69) is 45.8 Å². The molecule has 1 N–H and O–H groups in total. The number of hydrogen-bond donors (Lipinski definition) is 1. The van der Waals surface area contributed by atoms with E-state index in [0.717, 1.165) is 28.2 Å². The van der Waals surface area contributed by atoms with Gasteiger partial charge in [0.15, 0.2) is 5.65 Å². The van der Waals surface area contributed by atoms with Gasteiger partial charge in [0.2, 0.25) is 5.91 Å². The second-order valence-corrected chi connectivity index (χ2v) is 8.00. The predicted octanol–water partition coefficient (Wildman–Crippen LogP) is 4.96. The van der Waals surface area contributed by atoms with Gasteiger partial charge in [0.05, 0.1) is 6.54 Å². The van der Waals surface area contributed by atoms with Gasteiger partial charge in [-0.1, -0.05) is 32.0 Å². The first-order valence-electron chi connectivity index (χ1n) is 10.7. The zero-order valence-electron chi connectivity index (χ0n) is 18.0. The minimum Gasteiger partial charge on any atom is -0.326 e. The Kier molecular flexibility index (Phi) is 6.36. The van der Waals surface area contributed by atoms with Crippen LogP contribution in [0.2, 0.25) is 0 Å². The molecule has 3 aromatic heterocycles. The number of hydrogen-bond acceptors (Lipinski definition) is 4. The topological polar surface area (TPSA) is 72.7 Å². The summed E-state index contributed by atoms with van der Waals surface area (Å²) in [5.41, 5.74) is 4.92. The molecule has 3 heterocycles.